The number of aliphatic imine (C=N–C) groups is 1. The predicted molar refractivity (Wildman–Crippen MR) is 98.9 cm³/mol. The van der Waals surface area contributed by atoms with Gasteiger partial charge >= 0.3 is 0 Å². The number of methoxy groups -OCH3 is 1. The number of nitrogens with zero attached hydrogens (tertiary/aromatic N) is 2. The molecule has 2 heterocycles. The average Bonchev–Trinajstić information content (AvgIpc) is 2.91. The molecule has 2 atom stereocenters. The van der Waals surface area contributed by atoms with Crippen molar-refractivity contribution in [2.75, 3.05) is 45.7 Å². The van der Waals surface area contributed by atoms with Gasteiger partial charge in [-0.3, -0.25) is 9.59 Å². The zero-order valence-electron chi connectivity index (χ0n) is 15.1. The maximum atomic E-state index is 12.6. The summed E-state index contributed by atoms with van der Waals surface area (Å²) in [5, 5.41) is 5.92. The maximum absolute atomic E-state index is 12.6. The number of likely N-dealkylation sites (N-methyl/N-ethyl adjacent to an activating group) is 1. The fourth-order valence-electron chi connectivity index (χ4n) is 3.75. The van der Waals surface area contributed by atoms with Crippen molar-refractivity contribution in [1.29, 1.82) is 0 Å². The first-order valence-electron chi connectivity index (χ1n) is 8.65. The molecule has 0 radical (unpaired) electrons. The van der Waals surface area contributed by atoms with Crippen molar-refractivity contribution in [2.45, 2.75) is 12.0 Å². The van der Waals surface area contributed by atoms with Crippen LogP contribution in [0.2, 0.25) is 0 Å². The summed E-state index contributed by atoms with van der Waals surface area (Å²) in [7, 11) is 3.34. The number of amides is 1. The van der Waals surface area contributed by atoms with Gasteiger partial charge < -0.3 is 26.0 Å². The van der Waals surface area contributed by atoms with Gasteiger partial charge in [-0.05, 0) is 30.7 Å². The highest BCUT2D eigenvalue weighted by Gasteiger charge is 2.49. The van der Waals surface area contributed by atoms with Gasteiger partial charge in [0, 0.05) is 19.8 Å². The van der Waals surface area contributed by atoms with Crippen LogP contribution in [0.15, 0.2) is 29.3 Å². The Bertz CT molecular complexity index is 735. The lowest BCUT2D eigenvalue weighted by Crippen LogP contribution is -2.49. The van der Waals surface area contributed by atoms with E-state index >= 15 is 0 Å². The van der Waals surface area contributed by atoms with Gasteiger partial charge in [-0.1, -0.05) is 12.1 Å². The van der Waals surface area contributed by atoms with E-state index in [-0.39, 0.29) is 24.2 Å². The van der Waals surface area contributed by atoms with E-state index in [1.54, 1.807) is 6.07 Å². The van der Waals surface area contributed by atoms with Gasteiger partial charge in [0.05, 0.1) is 19.0 Å². The van der Waals surface area contributed by atoms with Gasteiger partial charge in [-0.2, -0.15) is 0 Å². The second-order valence-electron chi connectivity index (χ2n) is 6.80. The first-order valence-corrected chi connectivity index (χ1v) is 8.65. The van der Waals surface area contributed by atoms with Gasteiger partial charge in [0.1, 0.15) is 12.1 Å². The summed E-state index contributed by atoms with van der Waals surface area (Å²) in [4.78, 5) is 31.1. The SMILES string of the molecule is COCC(=O)Nc1cccc(C2(C3CCNCC3=O)CN(C)C(N)=N2)c1. The number of anilines is 1. The van der Waals surface area contributed by atoms with E-state index in [1.807, 2.05) is 30.1 Å². The van der Waals surface area contributed by atoms with Crippen LogP contribution in [-0.4, -0.2) is 62.9 Å². The Kier molecular flexibility index (Phi) is 5.24. The molecule has 1 saturated heterocycles. The van der Waals surface area contributed by atoms with Crippen LogP contribution in [0.5, 0.6) is 0 Å². The van der Waals surface area contributed by atoms with Crippen LogP contribution in [0.4, 0.5) is 5.69 Å². The largest absolute Gasteiger partial charge is 0.375 e. The molecule has 1 fully saturated rings. The summed E-state index contributed by atoms with van der Waals surface area (Å²) in [5.74, 6) is 0.0717. The maximum Gasteiger partial charge on any atom is 0.250 e. The third-order valence-electron chi connectivity index (χ3n) is 4.98. The number of ketones is 1. The highest BCUT2D eigenvalue weighted by molar-refractivity contribution is 5.92. The number of rotatable bonds is 5. The first-order chi connectivity index (χ1) is 12.5. The lowest BCUT2D eigenvalue weighted by Gasteiger charge is -2.37. The van der Waals surface area contributed by atoms with E-state index < -0.39 is 5.54 Å². The van der Waals surface area contributed by atoms with Gasteiger partial charge in [-0.15, -0.1) is 0 Å². The van der Waals surface area contributed by atoms with Crippen LogP contribution < -0.4 is 16.4 Å². The molecule has 8 nitrogen and oxygen atoms in total. The molecular formula is C18H25N5O3. The molecule has 1 amide bonds. The van der Waals surface area contributed by atoms with E-state index in [9.17, 15) is 9.59 Å². The predicted octanol–water partition coefficient (Wildman–Crippen LogP) is -0.0945. The Labute approximate surface area is 152 Å². The molecule has 26 heavy (non-hydrogen) atoms. The lowest BCUT2D eigenvalue weighted by atomic mass is 9.73. The first kappa shape index (κ1) is 18.3. The van der Waals surface area contributed by atoms with E-state index in [0.717, 1.165) is 12.1 Å². The summed E-state index contributed by atoms with van der Waals surface area (Å²) in [5.41, 5.74) is 6.85. The third kappa shape index (κ3) is 3.42. The molecule has 2 aliphatic heterocycles. The van der Waals surface area contributed by atoms with Crippen LogP contribution >= 0.6 is 0 Å². The summed E-state index contributed by atoms with van der Waals surface area (Å²) in [6, 6.07) is 7.48. The fourth-order valence-corrected chi connectivity index (χ4v) is 3.75. The number of hydrogen-bond donors (Lipinski definition) is 3. The summed E-state index contributed by atoms with van der Waals surface area (Å²) in [6.45, 7) is 1.62. The molecule has 1 aromatic rings. The van der Waals surface area contributed by atoms with Crippen molar-refractivity contribution < 1.29 is 14.3 Å². The van der Waals surface area contributed by atoms with E-state index in [4.69, 9.17) is 15.5 Å². The minimum Gasteiger partial charge on any atom is -0.375 e. The smallest absolute Gasteiger partial charge is 0.250 e. The van der Waals surface area contributed by atoms with E-state index in [2.05, 4.69) is 10.6 Å². The van der Waals surface area contributed by atoms with Gasteiger partial charge in [0.2, 0.25) is 5.91 Å². The number of nitrogens with one attached hydrogen (secondary N) is 2. The summed E-state index contributed by atoms with van der Waals surface area (Å²) in [6.07, 6.45) is 0.698. The minimum absolute atomic E-state index is 0.0179. The number of ether oxygens (including phenoxy) is 1. The highest BCUT2D eigenvalue weighted by Crippen LogP contribution is 2.41. The zero-order chi connectivity index (χ0) is 18.7. The van der Waals surface area contributed by atoms with Gasteiger partial charge in [0.25, 0.3) is 0 Å². The minimum atomic E-state index is -0.736. The number of hydrogen-bond acceptors (Lipinski definition) is 7. The normalized spacial score (nSPS) is 25.9. The standard InChI is InChI=1S/C18H25N5O3/c1-23-11-18(22-17(23)19,14-6-7-20-9-15(14)24)12-4-3-5-13(8-12)21-16(25)10-26-2/h3-5,8,14,20H,6-7,9-11H2,1-2H3,(H2,19,22)(H,21,25). The number of guanidine groups is 1. The number of piperidine rings is 1. The number of nitrogens with two attached hydrogens (primary N) is 1. The number of carbonyl (C=O) groups excluding carboxylic acids is 2. The van der Waals surface area contributed by atoms with Crippen molar-refractivity contribution >= 4 is 23.3 Å². The van der Waals surface area contributed by atoms with Crippen LogP contribution in [0.1, 0.15) is 12.0 Å². The second kappa shape index (κ2) is 7.43. The third-order valence-corrected chi connectivity index (χ3v) is 4.98. The quantitative estimate of drug-likeness (QED) is 0.678. The number of benzene rings is 1. The van der Waals surface area contributed by atoms with E-state index in [1.165, 1.54) is 7.11 Å². The Morgan fingerprint density at radius 3 is 3.00 bits per heavy atom. The zero-order valence-corrected chi connectivity index (χ0v) is 15.1. The average molecular weight is 359 g/mol. The van der Waals surface area contributed by atoms with Crippen LogP contribution in [0, 0.1) is 5.92 Å². The van der Waals surface area contributed by atoms with Crippen LogP contribution in [0.3, 0.4) is 0 Å². The molecule has 2 aliphatic rings. The Balaban J connectivity index is 1.98. The molecule has 4 N–H and O–H groups in total. The van der Waals surface area contributed by atoms with Crippen molar-refractivity contribution in [3.63, 3.8) is 0 Å². The highest BCUT2D eigenvalue weighted by atomic mass is 16.5. The molecule has 0 aromatic heterocycles. The Morgan fingerprint density at radius 2 is 2.35 bits per heavy atom. The molecule has 3 rings (SSSR count). The lowest BCUT2D eigenvalue weighted by molar-refractivity contribution is -0.126. The molecule has 8 heteroatoms. The Hall–Kier alpha value is -2.45. The van der Waals surface area contributed by atoms with Gasteiger partial charge in [-0.25, -0.2) is 4.99 Å². The summed E-state index contributed by atoms with van der Waals surface area (Å²) < 4.78 is 4.85. The Morgan fingerprint density at radius 1 is 1.54 bits per heavy atom. The molecule has 0 aliphatic carbocycles. The molecule has 1 aromatic carbocycles. The number of carbonyl (C=O) groups is 2. The molecule has 2 unspecified atom stereocenters. The monoisotopic (exact) mass is 359 g/mol. The van der Waals surface area contributed by atoms with Gasteiger partial charge in [0.15, 0.2) is 11.7 Å². The molecule has 0 bridgehead atoms. The second-order valence-corrected chi connectivity index (χ2v) is 6.80. The molecular weight excluding hydrogens is 334 g/mol. The molecule has 0 spiro atoms. The molecule has 140 valence electrons. The van der Waals surface area contributed by atoms with Crippen LogP contribution in [0.25, 0.3) is 0 Å². The number of Topliss-reactive ketones (excluding diaryl/α,β-unsaturated/α-hetero) is 1. The van der Waals surface area contributed by atoms with Crippen molar-refractivity contribution in [2.24, 2.45) is 16.6 Å². The fraction of sp³-hybridized carbons (Fsp3) is 0.500. The summed E-state index contributed by atoms with van der Waals surface area (Å²) >= 11 is 0. The van der Waals surface area contributed by atoms with E-state index in [0.29, 0.717) is 31.2 Å². The van der Waals surface area contributed by atoms with Crippen LogP contribution in [-0.2, 0) is 19.9 Å². The van der Waals surface area contributed by atoms with Crippen molar-refractivity contribution in [1.82, 2.24) is 10.2 Å². The van der Waals surface area contributed by atoms with Crippen molar-refractivity contribution in [3.05, 3.63) is 29.8 Å². The van der Waals surface area contributed by atoms with Crippen molar-refractivity contribution in [3.8, 4) is 0 Å². The molecule has 0 saturated carbocycles. The topological polar surface area (TPSA) is 109 Å².